The molecule has 3 aliphatic heterocycles. The molecule has 3 aliphatic rings. The highest BCUT2D eigenvalue weighted by molar-refractivity contribution is 8.03. The van der Waals surface area contributed by atoms with E-state index >= 15 is 0 Å². The zero-order chi connectivity index (χ0) is 23.6. The fraction of sp³-hybridized carbons (Fsp3) is 0.700. The number of aliphatic hydroxyl groups is 1. The molecule has 0 aromatic rings. The molecule has 0 spiro atoms. The number of carbonyl (C=O) groups is 4. The quantitative estimate of drug-likeness (QED) is 0.188. The number of carboxylic acids is 1. The molecule has 178 valence electrons. The van der Waals surface area contributed by atoms with Gasteiger partial charge in [-0.05, 0) is 13.3 Å². The molecule has 3 heterocycles. The van der Waals surface area contributed by atoms with E-state index in [2.05, 4.69) is 10.6 Å². The minimum atomic E-state index is -1.10. The van der Waals surface area contributed by atoms with E-state index in [1.165, 1.54) is 16.7 Å². The minimum absolute atomic E-state index is 0.0641. The van der Waals surface area contributed by atoms with Gasteiger partial charge in [-0.1, -0.05) is 6.92 Å². The molecule has 32 heavy (non-hydrogen) atoms. The van der Waals surface area contributed by atoms with Gasteiger partial charge in [0.15, 0.2) is 0 Å². The molecule has 2 unspecified atom stereocenters. The van der Waals surface area contributed by atoms with Crippen molar-refractivity contribution in [2.45, 2.75) is 50.1 Å². The molecule has 10 nitrogen and oxygen atoms in total. The van der Waals surface area contributed by atoms with Crippen LogP contribution in [-0.2, 0) is 19.2 Å². The number of carboxylic acid groups (broad SMARTS) is 1. The molecule has 2 fully saturated rings. The average Bonchev–Trinajstić information content (AvgIpc) is 3.25. The molecule has 0 saturated carbocycles. The van der Waals surface area contributed by atoms with Crippen molar-refractivity contribution in [3.05, 3.63) is 10.6 Å². The Bertz CT molecular complexity index is 820. The third kappa shape index (κ3) is 5.24. The summed E-state index contributed by atoms with van der Waals surface area (Å²) < 4.78 is 0. The summed E-state index contributed by atoms with van der Waals surface area (Å²) in [6.07, 6.45) is 0.357. The van der Waals surface area contributed by atoms with Gasteiger partial charge in [0.25, 0.3) is 0 Å². The van der Waals surface area contributed by atoms with E-state index in [9.17, 15) is 29.4 Å². The second kappa shape index (κ2) is 10.4. The monoisotopic (exact) mass is 486 g/mol. The number of aliphatic carboxylic acids is 1. The number of β-lactam (4-membered cyclic amide) rings is 1. The topological polar surface area (TPSA) is 162 Å². The van der Waals surface area contributed by atoms with Gasteiger partial charge in [-0.2, -0.15) is 11.8 Å². The number of amides is 3. The van der Waals surface area contributed by atoms with Crippen LogP contribution in [0.15, 0.2) is 10.6 Å². The molecule has 0 aromatic heterocycles. The number of hydrogen-bond donors (Lipinski definition) is 5. The second-order valence-electron chi connectivity index (χ2n) is 8.42. The van der Waals surface area contributed by atoms with Crippen molar-refractivity contribution in [2.24, 2.45) is 17.6 Å². The van der Waals surface area contributed by atoms with Crippen molar-refractivity contribution in [1.82, 2.24) is 15.5 Å². The Hall–Kier alpha value is -1.76. The van der Waals surface area contributed by atoms with E-state index in [0.717, 1.165) is 18.7 Å². The first-order valence-electron chi connectivity index (χ1n) is 10.6. The predicted octanol–water partition coefficient (Wildman–Crippen LogP) is -0.671. The van der Waals surface area contributed by atoms with Crippen molar-refractivity contribution >= 4 is 47.2 Å². The van der Waals surface area contributed by atoms with Gasteiger partial charge in [-0.15, -0.1) is 11.8 Å². The first kappa shape index (κ1) is 24.9. The molecule has 3 rings (SSSR count). The van der Waals surface area contributed by atoms with Gasteiger partial charge < -0.3 is 31.5 Å². The van der Waals surface area contributed by atoms with Crippen LogP contribution >= 0.6 is 23.5 Å². The number of hydrogen-bond acceptors (Lipinski definition) is 8. The number of fused-ring (bicyclic) bond motifs is 1. The SMILES string of the molecule is CC(O)[C@H]1C(=O)N2C(C(=O)O)=C(S[C@@H]3CN[C@H](CSCCC(=O)NCC(N)=O)C3)[C@H](C)C12. The van der Waals surface area contributed by atoms with Crippen LogP contribution in [0.4, 0.5) is 0 Å². The standard InChI is InChI=1S/C20H30N4O6S2/c1-9-16-15(10(2)25)19(28)24(16)17(20(29)30)18(9)32-12-5-11(22-6-12)8-31-4-3-14(27)23-7-13(21)26/h9-12,15-16,22,25H,3-8H2,1-2H3,(H2,21,26)(H,23,27)(H,29,30)/t9-,10?,11+,12+,15-,16?/m1/s1. The number of aliphatic hydroxyl groups excluding tert-OH is 1. The summed E-state index contributed by atoms with van der Waals surface area (Å²) >= 11 is 3.17. The lowest BCUT2D eigenvalue weighted by Crippen LogP contribution is -2.63. The number of carbonyl (C=O) groups excluding carboxylic acids is 3. The Morgan fingerprint density at radius 3 is 2.72 bits per heavy atom. The van der Waals surface area contributed by atoms with Crippen LogP contribution in [0.25, 0.3) is 0 Å². The van der Waals surface area contributed by atoms with Crippen molar-refractivity contribution in [3.8, 4) is 0 Å². The molecule has 0 aliphatic carbocycles. The Morgan fingerprint density at radius 2 is 2.09 bits per heavy atom. The zero-order valence-electron chi connectivity index (χ0n) is 18.1. The van der Waals surface area contributed by atoms with Crippen molar-refractivity contribution < 1.29 is 29.4 Å². The molecule has 12 heteroatoms. The predicted molar refractivity (Wildman–Crippen MR) is 122 cm³/mol. The van der Waals surface area contributed by atoms with Crippen molar-refractivity contribution in [1.29, 1.82) is 0 Å². The zero-order valence-corrected chi connectivity index (χ0v) is 19.7. The summed E-state index contributed by atoms with van der Waals surface area (Å²) in [4.78, 5) is 48.7. The highest BCUT2D eigenvalue weighted by Crippen LogP contribution is 2.51. The lowest BCUT2D eigenvalue weighted by molar-refractivity contribution is -0.163. The maximum Gasteiger partial charge on any atom is 0.353 e. The first-order valence-corrected chi connectivity index (χ1v) is 12.7. The molecule has 6 N–H and O–H groups in total. The van der Waals surface area contributed by atoms with Gasteiger partial charge in [-0.25, -0.2) is 4.79 Å². The smallest absolute Gasteiger partial charge is 0.353 e. The fourth-order valence-corrected chi connectivity index (χ4v) is 7.08. The van der Waals surface area contributed by atoms with Crippen LogP contribution in [0.2, 0.25) is 0 Å². The lowest BCUT2D eigenvalue weighted by Gasteiger charge is -2.46. The molecule has 2 saturated heterocycles. The summed E-state index contributed by atoms with van der Waals surface area (Å²) in [6, 6.07) is -0.0434. The molecule has 6 atom stereocenters. The van der Waals surface area contributed by atoms with Crippen molar-refractivity contribution in [2.75, 3.05) is 24.6 Å². The van der Waals surface area contributed by atoms with Crippen LogP contribution < -0.4 is 16.4 Å². The summed E-state index contributed by atoms with van der Waals surface area (Å²) in [6.45, 7) is 4.08. The molecule has 0 radical (unpaired) electrons. The largest absolute Gasteiger partial charge is 0.477 e. The second-order valence-corrected chi connectivity index (χ2v) is 10.9. The van der Waals surface area contributed by atoms with Crippen LogP contribution in [0.1, 0.15) is 26.7 Å². The van der Waals surface area contributed by atoms with E-state index in [0.29, 0.717) is 17.1 Å². The fourth-order valence-electron chi connectivity index (χ4n) is 4.52. The van der Waals surface area contributed by atoms with Gasteiger partial charge in [0.1, 0.15) is 5.70 Å². The van der Waals surface area contributed by atoms with Crippen LogP contribution in [-0.4, -0.2) is 86.8 Å². The number of rotatable bonds is 11. The number of primary amides is 1. The number of thioether (sulfide) groups is 2. The number of nitrogens with one attached hydrogen (secondary N) is 2. The highest BCUT2D eigenvalue weighted by atomic mass is 32.2. The van der Waals surface area contributed by atoms with E-state index in [4.69, 9.17) is 5.73 Å². The van der Waals surface area contributed by atoms with E-state index in [-0.39, 0.29) is 47.3 Å². The van der Waals surface area contributed by atoms with Crippen molar-refractivity contribution in [3.63, 3.8) is 0 Å². The maximum atomic E-state index is 12.4. The van der Waals surface area contributed by atoms with Crippen LogP contribution in [0, 0.1) is 11.8 Å². The Balaban J connectivity index is 1.49. The van der Waals surface area contributed by atoms with E-state index < -0.39 is 23.9 Å². The van der Waals surface area contributed by atoms with Gasteiger partial charge in [0, 0.05) is 46.6 Å². The third-order valence-corrected chi connectivity index (χ3v) is 8.68. The van der Waals surface area contributed by atoms with Gasteiger partial charge in [-0.3, -0.25) is 14.4 Å². The minimum Gasteiger partial charge on any atom is -0.477 e. The summed E-state index contributed by atoms with van der Waals surface area (Å²) in [7, 11) is 0. The summed E-state index contributed by atoms with van der Waals surface area (Å²) in [5.41, 5.74) is 5.06. The maximum absolute atomic E-state index is 12.4. The average molecular weight is 487 g/mol. The summed E-state index contributed by atoms with van der Waals surface area (Å²) in [5.74, 6) is -1.43. The molecular formula is C20H30N4O6S2. The van der Waals surface area contributed by atoms with Gasteiger partial charge in [0.2, 0.25) is 17.7 Å². The normalized spacial score (nSPS) is 30.2. The van der Waals surface area contributed by atoms with Gasteiger partial charge in [0.05, 0.1) is 24.6 Å². The number of nitrogens with two attached hydrogens (primary N) is 1. The Labute approximate surface area is 195 Å². The molecule has 0 aromatic carbocycles. The first-order chi connectivity index (χ1) is 15.1. The lowest BCUT2D eigenvalue weighted by atomic mass is 9.79. The van der Waals surface area contributed by atoms with Crippen LogP contribution in [0.3, 0.4) is 0 Å². The van der Waals surface area contributed by atoms with E-state index in [1.807, 2.05) is 6.92 Å². The third-order valence-electron chi connectivity index (χ3n) is 6.04. The molecular weight excluding hydrogens is 456 g/mol. The Kier molecular flexibility index (Phi) is 8.12. The Morgan fingerprint density at radius 1 is 1.38 bits per heavy atom. The van der Waals surface area contributed by atoms with E-state index in [1.54, 1.807) is 18.7 Å². The molecule has 0 bridgehead atoms. The molecule has 3 amide bonds. The summed E-state index contributed by atoms with van der Waals surface area (Å²) in [5, 5.41) is 25.8. The highest BCUT2D eigenvalue weighted by Gasteiger charge is 2.60. The number of nitrogens with zero attached hydrogens (tertiary/aromatic N) is 1. The van der Waals surface area contributed by atoms with Gasteiger partial charge >= 0.3 is 5.97 Å². The van der Waals surface area contributed by atoms with Crippen LogP contribution in [0.5, 0.6) is 0 Å².